The highest BCUT2D eigenvalue weighted by Gasteiger charge is 2.10. The van der Waals surface area contributed by atoms with Gasteiger partial charge in [0.25, 0.3) is 0 Å². The molecule has 0 heterocycles. The lowest BCUT2D eigenvalue weighted by molar-refractivity contribution is 0.0782. The maximum absolute atomic E-state index is 11.6. The summed E-state index contributed by atoms with van der Waals surface area (Å²) in [6.07, 6.45) is 0. The number of Topliss-reactive ketones (excluding diaryl/α,β-unsaturated/α-hetero) is 1. The Morgan fingerprint density at radius 1 is 1.50 bits per heavy atom. The van der Waals surface area contributed by atoms with Crippen LogP contribution in [-0.4, -0.2) is 19.0 Å². The van der Waals surface area contributed by atoms with Crippen LogP contribution in [0.15, 0.2) is 18.2 Å². The van der Waals surface area contributed by atoms with E-state index in [0.717, 1.165) is 14.7 Å². The molecule has 0 atom stereocenters. The van der Waals surface area contributed by atoms with E-state index in [1.165, 1.54) is 0 Å². The molecule has 1 aromatic rings. The van der Waals surface area contributed by atoms with Crippen molar-refractivity contribution in [3.05, 3.63) is 32.9 Å². The summed E-state index contributed by atoms with van der Waals surface area (Å²) in [6.45, 7) is 4.64. The van der Waals surface area contributed by atoms with Gasteiger partial charge in [-0.15, -0.1) is 0 Å². The van der Waals surface area contributed by atoms with E-state index >= 15 is 0 Å². The van der Waals surface area contributed by atoms with Gasteiger partial charge in [-0.25, -0.2) is 0 Å². The Labute approximate surface area is 97.8 Å². The zero-order valence-electron chi connectivity index (χ0n) is 8.34. The van der Waals surface area contributed by atoms with E-state index in [1.807, 2.05) is 32.0 Å². The first-order chi connectivity index (χ1) is 6.66. The Morgan fingerprint density at radius 3 is 2.86 bits per heavy atom. The normalized spacial score (nSPS) is 10.2. The Kier molecular flexibility index (Phi) is 4.54. The molecule has 0 spiro atoms. The minimum Gasteiger partial charge on any atom is -0.374 e. The van der Waals surface area contributed by atoms with E-state index in [-0.39, 0.29) is 12.4 Å². The fourth-order valence-electron chi connectivity index (χ4n) is 1.14. The Balaban J connectivity index is 2.84. The number of aryl methyl sites for hydroxylation is 1. The largest absolute Gasteiger partial charge is 0.374 e. The summed E-state index contributed by atoms with van der Waals surface area (Å²) in [5.41, 5.74) is 1.90. The van der Waals surface area contributed by atoms with Gasteiger partial charge in [0.1, 0.15) is 6.61 Å². The molecule has 0 N–H and O–H groups in total. The molecule has 0 amide bonds. The summed E-state index contributed by atoms with van der Waals surface area (Å²) in [5.74, 6) is 0.0555. The summed E-state index contributed by atoms with van der Waals surface area (Å²) < 4.78 is 6.11. The molecule has 0 saturated carbocycles. The van der Waals surface area contributed by atoms with Crippen molar-refractivity contribution in [2.75, 3.05) is 13.2 Å². The minimum atomic E-state index is 0.0555. The molecule has 0 aliphatic carbocycles. The summed E-state index contributed by atoms with van der Waals surface area (Å²) >= 11 is 2.20. The van der Waals surface area contributed by atoms with E-state index in [9.17, 15) is 4.79 Å². The van der Waals surface area contributed by atoms with Crippen LogP contribution in [0.3, 0.4) is 0 Å². The third kappa shape index (κ3) is 2.78. The van der Waals surface area contributed by atoms with Crippen LogP contribution in [0.25, 0.3) is 0 Å². The van der Waals surface area contributed by atoms with Gasteiger partial charge >= 0.3 is 0 Å². The van der Waals surface area contributed by atoms with E-state index in [2.05, 4.69) is 22.6 Å². The third-order valence-corrected chi connectivity index (χ3v) is 3.36. The summed E-state index contributed by atoms with van der Waals surface area (Å²) in [7, 11) is 0. The summed E-state index contributed by atoms with van der Waals surface area (Å²) in [6, 6.07) is 5.74. The van der Waals surface area contributed by atoms with Crippen molar-refractivity contribution in [1.82, 2.24) is 0 Å². The van der Waals surface area contributed by atoms with Crippen LogP contribution in [0.1, 0.15) is 22.8 Å². The Hall–Kier alpha value is -0.420. The fourth-order valence-corrected chi connectivity index (χ4v) is 1.80. The van der Waals surface area contributed by atoms with Crippen molar-refractivity contribution in [3.63, 3.8) is 0 Å². The Bertz CT molecular complexity index is 334. The first-order valence-corrected chi connectivity index (χ1v) is 5.60. The monoisotopic (exact) mass is 304 g/mol. The van der Waals surface area contributed by atoms with Crippen LogP contribution in [0, 0.1) is 10.5 Å². The van der Waals surface area contributed by atoms with Crippen LogP contribution in [0.5, 0.6) is 0 Å². The molecule has 76 valence electrons. The molecule has 0 bridgehead atoms. The first-order valence-electron chi connectivity index (χ1n) is 4.53. The van der Waals surface area contributed by atoms with E-state index < -0.39 is 0 Å². The molecule has 0 unspecified atom stereocenters. The standard InChI is InChI=1S/C11H13IO2/c1-3-14-7-10(13)9-6-4-5-8(2)11(9)12/h4-6H,3,7H2,1-2H3. The SMILES string of the molecule is CCOCC(=O)c1cccc(C)c1I. The van der Waals surface area contributed by atoms with Crippen molar-refractivity contribution in [1.29, 1.82) is 0 Å². The molecule has 0 aromatic heterocycles. The second kappa shape index (κ2) is 5.46. The average molecular weight is 304 g/mol. The summed E-state index contributed by atoms with van der Waals surface area (Å²) in [4.78, 5) is 11.6. The first kappa shape index (κ1) is 11.7. The molecule has 1 aromatic carbocycles. The van der Waals surface area contributed by atoms with E-state index in [1.54, 1.807) is 0 Å². The second-order valence-electron chi connectivity index (χ2n) is 3.00. The van der Waals surface area contributed by atoms with Gasteiger partial charge in [0.05, 0.1) is 0 Å². The third-order valence-electron chi connectivity index (χ3n) is 1.93. The number of hydrogen-bond acceptors (Lipinski definition) is 2. The molecule has 14 heavy (non-hydrogen) atoms. The molecule has 2 nitrogen and oxygen atoms in total. The van der Waals surface area contributed by atoms with Crippen molar-refractivity contribution < 1.29 is 9.53 Å². The number of halogens is 1. The number of carbonyl (C=O) groups is 1. The molecule has 0 aliphatic heterocycles. The van der Waals surface area contributed by atoms with E-state index in [0.29, 0.717) is 6.61 Å². The van der Waals surface area contributed by atoms with Crippen molar-refractivity contribution >= 4 is 28.4 Å². The predicted molar refractivity (Wildman–Crippen MR) is 64.7 cm³/mol. The highest BCUT2D eigenvalue weighted by atomic mass is 127. The molecular formula is C11H13IO2. The molecule has 0 radical (unpaired) electrons. The number of ketones is 1. The van der Waals surface area contributed by atoms with Gasteiger partial charge in [-0.2, -0.15) is 0 Å². The topological polar surface area (TPSA) is 26.3 Å². The quantitative estimate of drug-likeness (QED) is 0.631. The van der Waals surface area contributed by atoms with Gasteiger partial charge in [-0.05, 0) is 42.0 Å². The molecule has 1 rings (SSSR count). The van der Waals surface area contributed by atoms with Crippen molar-refractivity contribution in [2.24, 2.45) is 0 Å². The summed E-state index contributed by atoms with van der Waals surface area (Å²) in [5, 5.41) is 0. The van der Waals surface area contributed by atoms with Crippen molar-refractivity contribution in [2.45, 2.75) is 13.8 Å². The highest BCUT2D eigenvalue weighted by molar-refractivity contribution is 14.1. The zero-order chi connectivity index (χ0) is 10.6. The maximum Gasteiger partial charge on any atom is 0.189 e. The molecule has 3 heteroatoms. The smallest absolute Gasteiger partial charge is 0.189 e. The molecular weight excluding hydrogens is 291 g/mol. The van der Waals surface area contributed by atoms with E-state index in [4.69, 9.17) is 4.74 Å². The van der Waals surface area contributed by atoms with Crippen LogP contribution < -0.4 is 0 Å². The van der Waals surface area contributed by atoms with Gasteiger partial charge in [0, 0.05) is 15.7 Å². The minimum absolute atomic E-state index is 0.0555. The number of rotatable bonds is 4. The van der Waals surface area contributed by atoms with Crippen LogP contribution in [-0.2, 0) is 4.74 Å². The second-order valence-corrected chi connectivity index (χ2v) is 4.08. The lowest BCUT2D eigenvalue weighted by Crippen LogP contribution is -2.10. The number of ether oxygens (including phenoxy) is 1. The van der Waals surface area contributed by atoms with Gasteiger partial charge < -0.3 is 4.74 Å². The lowest BCUT2D eigenvalue weighted by Gasteiger charge is -2.05. The maximum atomic E-state index is 11.6. The van der Waals surface area contributed by atoms with Gasteiger partial charge in [0.2, 0.25) is 0 Å². The van der Waals surface area contributed by atoms with Crippen LogP contribution >= 0.6 is 22.6 Å². The number of benzene rings is 1. The number of hydrogen-bond donors (Lipinski definition) is 0. The zero-order valence-corrected chi connectivity index (χ0v) is 10.5. The van der Waals surface area contributed by atoms with Crippen LogP contribution in [0.4, 0.5) is 0 Å². The lowest BCUT2D eigenvalue weighted by atomic mass is 10.1. The number of carbonyl (C=O) groups excluding carboxylic acids is 1. The van der Waals surface area contributed by atoms with Crippen molar-refractivity contribution in [3.8, 4) is 0 Å². The van der Waals surface area contributed by atoms with Gasteiger partial charge in [-0.3, -0.25) is 4.79 Å². The Morgan fingerprint density at radius 2 is 2.21 bits per heavy atom. The molecule has 0 saturated heterocycles. The van der Waals surface area contributed by atoms with Gasteiger partial charge in [0.15, 0.2) is 5.78 Å². The molecule has 0 fully saturated rings. The predicted octanol–water partition coefficient (Wildman–Crippen LogP) is 2.82. The van der Waals surface area contributed by atoms with Crippen LogP contribution in [0.2, 0.25) is 0 Å². The molecule has 0 aliphatic rings. The fraction of sp³-hybridized carbons (Fsp3) is 0.364. The average Bonchev–Trinajstić information content (AvgIpc) is 2.18. The highest BCUT2D eigenvalue weighted by Crippen LogP contribution is 2.17. The van der Waals surface area contributed by atoms with Gasteiger partial charge in [-0.1, -0.05) is 18.2 Å².